The highest BCUT2D eigenvalue weighted by Gasteiger charge is 2.34. The highest BCUT2D eigenvalue weighted by atomic mass is 35.5. The van der Waals surface area contributed by atoms with E-state index in [4.69, 9.17) is 16.6 Å². The van der Waals surface area contributed by atoms with Gasteiger partial charge in [0.15, 0.2) is 0 Å². The van der Waals surface area contributed by atoms with Crippen molar-refractivity contribution in [1.82, 2.24) is 14.9 Å². The third-order valence-electron chi connectivity index (χ3n) is 5.85. The van der Waals surface area contributed by atoms with Gasteiger partial charge in [-0.15, -0.1) is 0 Å². The molecule has 1 aromatic carbocycles. The molecule has 0 radical (unpaired) electrons. The molecule has 26 heavy (non-hydrogen) atoms. The molecule has 1 saturated carbocycles. The second-order valence-corrected chi connectivity index (χ2v) is 8.10. The molecule has 0 amide bonds. The van der Waals surface area contributed by atoms with E-state index in [1.807, 2.05) is 36.5 Å². The number of benzene rings is 1. The fourth-order valence-electron chi connectivity index (χ4n) is 4.25. The molecule has 2 fully saturated rings. The minimum Gasteiger partial charge on any atom is -0.303 e. The zero-order valence-electron chi connectivity index (χ0n) is 14.7. The Morgan fingerprint density at radius 3 is 2.69 bits per heavy atom. The van der Waals surface area contributed by atoms with Crippen LogP contribution in [0.2, 0.25) is 5.02 Å². The number of pyridine rings is 2. The number of halogens is 1. The van der Waals surface area contributed by atoms with Gasteiger partial charge in [0.25, 0.3) is 0 Å². The molecule has 0 spiro atoms. The van der Waals surface area contributed by atoms with E-state index < -0.39 is 0 Å². The fraction of sp³-hybridized carbons (Fsp3) is 0.364. The lowest BCUT2D eigenvalue weighted by molar-refractivity contribution is 0.109. The Kier molecular flexibility index (Phi) is 4.14. The molecule has 0 unspecified atom stereocenters. The first-order valence-corrected chi connectivity index (χ1v) is 9.88. The summed E-state index contributed by atoms with van der Waals surface area (Å²) in [4.78, 5) is 12.1. The van der Waals surface area contributed by atoms with Crippen LogP contribution < -0.4 is 0 Å². The van der Waals surface area contributed by atoms with Crippen molar-refractivity contribution in [2.45, 2.75) is 25.2 Å². The van der Waals surface area contributed by atoms with E-state index in [1.165, 1.54) is 44.5 Å². The van der Waals surface area contributed by atoms with E-state index >= 15 is 0 Å². The molecule has 5 rings (SSSR count). The molecular formula is C22H22ClN3. The van der Waals surface area contributed by atoms with Crippen molar-refractivity contribution in [2.24, 2.45) is 5.92 Å². The molecule has 0 bridgehead atoms. The summed E-state index contributed by atoms with van der Waals surface area (Å²) in [6, 6.07) is 14.3. The van der Waals surface area contributed by atoms with Crippen molar-refractivity contribution in [3.8, 4) is 11.4 Å². The van der Waals surface area contributed by atoms with Crippen LogP contribution in [-0.2, 0) is 0 Å². The number of nitrogens with zero attached hydrogens (tertiary/aromatic N) is 3. The zero-order valence-corrected chi connectivity index (χ0v) is 15.5. The van der Waals surface area contributed by atoms with Gasteiger partial charge in [-0.2, -0.15) is 0 Å². The molecule has 2 aliphatic rings. The minimum absolute atomic E-state index is 0.578. The second kappa shape index (κ2) is 6.64. The van der Waals surface area contributed by atoms with Crippen molar-refractivity contribution < 1.29 is 0 Å². The molecule has 1 aliphatic carbocycles. The van der Waals surface area contributed by atoms with E-state index in [0.717, 1.165) is 33.2 Å². The van der Waals surface area contributed by atoms with E-state index in [2.05, 4.69) is 22.0 Å². The highest BCUT2D eigenvalue weighted by molar-refractivity contribution is 6.31. The molecule has 132 valence electrons. The minimum atomic E-state index is 0.578. The largest absolute Gasteiger partial charge is 0.303 e. The topological polar surface area (TPSA) is 29.0 Å². The van der Waals surface area contributed by atoms with Crippen LogP contribution in [0.5, 0.6) is 0 Å². The third-order valence-corrected chi connectivity index (χ3v) is 6.09. The summed E-state index contributed by atoms with van der Waals surface area (Å²) in [6.07, 6.45) is 5.73. The summed E-state index contributed by atoms with van der Waals surface area (Å²) in [5.74, 6) is 1.40. The monoisotopic (exact) mass is 363 g/mol. The Bertz CT molecular complexity index is 931. The van der Waals surface area contributed by atoms with Gasteiger partial charge in [0, 0.05) is 23.2 Å². The SMILES string of the molecule is Clc1ccc2nc(-c3ccccn3)c(C3CC(CN4CCC4)C3)cc2c1. The van der Waals surface area contributed by atoms with Gasteiger partial charge in [-0.1, -0.05) is 17.7 Å². The molecule has 0 atom stereocenters. The maximum Gasteiger partial charge on any atom is 0.0928 e. The smallest absolute Gasteiger partial charge is 0.0928 e. The van der Waals surface area contributed by atoms with Gasteiger partial charge in [0.2, 0.25) is 0 Å². The zero-order chi connectivity index (χ0) is 17.5. The average molecular weight is 364 g/mol. The van der Waals surface area contributed by atoms with Crippen molar-refractivity contribution >= 4 is 22.5 Å². The molecule has 1 aliphatic heterocycles. The lowest BCUT2D eigenvalue weighted by Gasteiger charge is -2.42. The van der Waals surface area contributed by atoms with Crippen LogP contribution in [0.3, 0.4) is 0 Å². The third kappa shape index (κ3) is 3.00. The maximum absolute atomic E-state index is 6.21. The average Bonchev–Trinajstić information content (AvgIpc) is 2.59. The Labute approximate surface area is 159 Å². The summed E-state index contributed by atoms with van der Waals surface area (Å²) < 4.78 is 0. The van der Waals surface area contributed by atoms with Gasteiger partial charge in [0.1, 0.15) is 0 Å². The molecule has 3 heterocycles. The van der Waals surface area contributed by atoms with Crippen molar-refractivity contribution in [1.29, 1.82) is 0 Å². The van der Waals surface area contributed by atoms with E-state index in [0.29, 0.717) is 5.92 Å². The van der Waals surface area contributed by atoms with Crippen LogP contribution in [0.15, 0.2) is 48.7 Å². The summed E-state index contributed by atoms with van der Waals surface area (Å²) in [6.45, 7) is 3.84. The Morgan fingerprint density at radius 2 is 1.96 bits per heavy atom. The van der Waals surface area contributed by atoms with Crippen molar-refractivity contribution in [3.05, 3.63) is 59.2 Å². The molecule has 3 aromatic rings. The van der Waals surface area contributed by atoms with Crippen LogP contribution in [0, 0.1) is 5.92 Å². The number of hydrogen-bond donors (Lipinski definition) is 0. The lowest BCUT2D eigenvalue weighted by Crippen LogP contribution is -2.43. The number of hydrogen-bond acceptors (Lipinski definition) is 3. The first-order valence-electron chi connectivity index (χ1n) is 9.50. The van der Waals surface area contributed by atoms with Gasteiger partial charge >= 0.3 is 0 Å². The second-order valence-electron chi connectivity index (χ2n) is 7.67. The van der Waals surface area contributed by atoms with Crippen LogP contribution in [0.4, 0.5) is 0 Å². The van der Waals surface area contributed by atoms with Crippen LogP contribution >= 0.6 is 11.6 Å². The normalized spacial score (nSPS) is 22.8. The number of rotatable bonds is 4. The van der Waals surface area contributed by atoms with Crippen LogP contribution in [-0.4, -0.2) is 34.5 Å². The van der Waals surface area contributed by atoms with Crippen LogP contribution in [0.25, 0.3) is 22.3 Å². The standard InChI is InChI=1S/C22H22ClN3/c23-18-5-6-20-17(12-18)13-19(22(25-20)21-4-1-2-7-24-21)16-10-15(11-16)14-26-8-3-9-26/h1-2,4-7,12-13,15-16H,3,8-11,14H2. The molecule has 3 nitrogen and oxygen atoms in total. The van der Waals surface area contributed by atoms with E-state index in [-0.39, 0.29) is 0 Å². The number of fused-ring (bicyclic) bond motifs is 1. The fourth-order valence-corrected chi connectivity index (χ4v) is 4.43. The Hall–Kier alpha value is -1.97. The quantitative estimate of drug-likeness (QED) is 0.641. The molecule has 2 aromatic heterocycles. The van der Waals surface area contributed by atoms with E-state index in [9.17, 15) is 0 Å². The van der Waals surface area contributed by atoms with Gasteiger partial charge in [-0.3, -0.25) is 4.98 Å². The number of aromatic nitrogens is 2. The highest BCUT2D eigenvalue weighted by Crippen LogP contribution is 2.45. The predicted molar refractivity (Wildman–Crippen MR) is 107 cm³/mol. The van der Waals surface area contributed by atoms with Gasteiger partial charge < -0.3 is 4.90 Å². The van der Waals surface area contributed by atoms with Gasteiger partial charge in [-0.25, -0.2) is 4.98 Å². The number of likely N-dealkylation sites (tertiary alicyclic amines) is 1. The van der Waals surface area contributed by atoms with Crippen LogP contribution in [0.1, 0.15) is 30.7 Å². The molecular weight excluding hydrogens is 342 g/mol. The summed E-state index contributed by atoms with van der Waals surface area (Å²) in [5.41, 5.74) is 4.31. The lowest BCUT2D eigenvalue weighted by atomic mass is 9.70. The molecule has 4 heteroatoms. The van der Waals surface area contributed by atoms with Gasteiger partial charge in [0.05, 0.1) is 16.9 Å². The molecule has 1 saturated heterocycles. The first-order chi connectivity index (χ1) is 12.8. The Balaban J connectivity index is 1.50. The summed E-state index contributed by atoms with van der Waals surface area (Å²) in [7, 11) is 0. The maximum atomic E-state index is 6.21. The summed E-state index contributed by atoms with van der Waals surface area (Å²) >= 11 is 6.21. The summed E-state index contributed by atoms with van der Waals surface area (Å²) in [5, 5.41) is 1.89. The molecule has 0 N–H and O–H groups in total. The first kappa shape index (κ1) is 16.2. The van der Waals surface area contributed by atoms with Crippen molar-refractivity contribution in [2.75, 3.05) is 19.6 Å². The Morgan fingerprint density at radius 1 is 1.08 bits per heavy atom. The van der Waals surface area contributed by atoms with Crippen molar-refractivity contribution in [3.63, 3.8) is 0 Å². The predicted octanol–water partition coefficient (Wildman–Crippen LogP) is 5.15. The van der Waals surface area contributed by atoms with Gasteiger partial charge in [-0.05, 0) is 86.1 Å². The van der Waals surface area contributed by atoms with E-state index in [1.54, 1.807) is 0 Å².